The lowest BCUT2D eigenvalue weighted by molar-refractivity contribution is 0.693. The summed E-state index contributed by atoms with van der Waals surface area (Å²) < 4.78 is 2.31. The molecule has 0 fully saturated rings. The number of hydrogen-bond donors (Lipinski definition) is 1. The number of aryl methyl sites for hydroxylation is 2. The molecule has 0 bridgehead atoms. The summed E-state index contributed by atoms with van der Waals surface area (Å²) in [5.74, 6) is 0. The number of benzene rings is 1. The molecule has 2 aromatic rings. The van der Waals surface area contributed by atoms with Crippen molar-refractivity contribution < 1.29 is 0 Å². The van der Waals surface area contributed by atoms with Crippen LogP contribution in [-0.2, 0) is 6.42 Å². The van der Waals surface area contributed by atoms with E-state index in [0.29, 0.717) is 0 Å². The molecule has 1 unspecified atom stereocenters. The highest BCUT2D eigenvalue weighted by Crippen LogP contribution is 2.36. The van der Waals surface area contributed by atoms with Crippen LogP contribution in [-0.4, -0.2) is 7.05 Å². The zero-order chi connectivity index (χ0) is 14.0. The highest BCUT2D eigenvalue weighted by atomic mass is 79.9. The Hall–Kier alpha value is -0.160. The molecule has 4 heteroatoms. The molecular formula is C15H17Br2NS. The van der Waals surface area contributed by atoms with Gasteiger partial charge in [0.1, 0.15) is 0 Å². The smallest absolute Gasteiger partial charge is 0.0682 e. The van der Waals surface area contributed by atoms with Gasteiger partial charge >= 0.3 is 0 Å². The average molecular weight is 403 g/mol. The first-order chi connectivity index (χ1) is 9.08. The van der Waals surface area contributed by atoms with Crippen molar-refractivity contribution in [3.8, 4) is 0 Å². The Labute approximate surface area is 135 Å². The molecule has 1 atom stereocenters. The van der Waals surface area contributed by atoms with E-state index in [1.54, 1.807) is 0 Å². The van der Waals surface area contributed by atoms with Crippen LogP contribution in [0.2, 0.25) is 0 Å². The summed E-state index contributed by atoms with van der Waals surface area (Å²) in [5.41, 5.74) is 3.94. The van der Waals surface area contributed by atoms with Crippen molar-refractivity contribution in [1.82, 2.24) is 5.32 Å². The predicted molar refractivity (Wildman–Crippen MR) is 91.2 cm³/mol. The first-order valence-corrected chi connectivity index (χ1v) is 8.74. The van der Waals surface area contributed by atoms with Gasteiger partial charge in [-0.2, -0.15) is 0 Å². The van der Waals surface area contributed by atoms with Gasteiger partial charge < -0.3 is 5.32 Å². The average Bonchev–Trinajstić information content (AvgIpc) is 2.84. The second kappa shape index (κ2) is 6.53. The van der Waals surface area contributed by atoms with E-state index in [1.165, 1.54) is 21.6 Å². The zero-order valence-corrected chi connectivity index (χ0v) is 15.2. The van der Waals surface area contributed by atoms with Crippen molar-refractivity contribution in [3.63, 3.8) is 0 Å². The zero-order valence-electron chi connectivity index (χ0n) is 11.3. The minimum Gasteiger partial charge on any atom is -0.309 e. The van der Waals surface area contributed by atoms with Crippen LogP contribution < -0.4 is 5.32 Å². The lowest BCUT2D eigenvalue weighted by atomic mass is 10.0. The Balaban J connectivity index is 2.51. The molecule has 0 saturated carbocycles. The third-order valence-corrected chi connectivity index (χ3v) is 5.87. The maximum atomic E-state index is 3.70. The molecular weight excluding hydrogens is 386 g/mol. The quantitative estimate of drug-likeness (QED) is 0.716. The third-order valence-electron chi connectivity index (χ3n) is 3.30. The maximum absolute atomic E-state index is 3.70. The van der Waals surface area contributed by atoms with Gasteiger partial charge in [0.15, 0.2) is 0 Å². The minimum atomic E-state index is 0.237. The van der Waals surface area contributed by atoms with Gasteiger partial charge in [0.2, 0.25) is 0 Å². The first-order valence-electron chi connectivity index (χ1n) is 6.27. The molecule has 102 valence electrons. The number of halogens is 2. The van der Waals surface area contributed by atoms with Crippen LogP contribution in [0.25, 0.3) is 0 Å². The molecule has 0 spiro atoms. The van der Waals surface area contributed by atoms with Crippen LogP contribution in [0.1, 0.15) is 34.5 Å². The van der Waals surface area contributed by atoms with E-state index < -0.39 is 0 Å². The van der Waals surface area contributed by atoms with E-state index in [0.717, 1.165) is 15.4 Å². The minimum absolute atomic E-state index is 0.237. The standard InChI is InChI=1S/C15H17Br2NS/c1-4-10-5-6-19-15(10)14(18-3)11-8-12(16)9(2)7-13(11)17/h5-8,14,18H,4H2,1-3H3. The van der Waals surface area contributed by atoms with Crippen LogP contribution in [0.5, 0.6) is 0 Å². The van der Waals surface area contributed by atoms with Gasteiger partial charge in [-0.1, -0.05) is 38.8 Å². The van der Waals surface area contributed by atoms with Crippen molar-refractivity contribution in [2.75, 3.05) is 7.05 Å². The summed E-state index contributed by atoms with van der Waals surface area (Å²) in [6.45, 7) is 4.31. The normalized spacial score (nSPS) is 12.7. The van der Waals surface area contributed by atoms with E-state index in [-0.39, 0.29) is 6.04 Å². The number of thiophene rings is 1. The predicted octanol–water partition coefficient (Wildman–Crippen LogP) is 5.45. The van der Waals surface area contributed by atoms with Crippen LogP contribution in [0, 0.1) is 6.92 Å². The summed E-state index contributed by atoms with van der Waals surface area (Å²) in [4.78, 5) is 1.40. The lowest BCUT2D eigenvalue weighted by Gasteiger charge is -2.19. The van der Waals surface area contributed by atoms with E-state index in [9.17, 15) is 0 Å². The van der Waals surface area contributed by atoms with Crippen molar-refractivity contribution in [3.05, 3.63) is 54.1 Å². The Morgan fingerprint density at radius 1 is 1.26 bits per heavy atom. The highest BCUT2D eigenvalue weighted by Gasteiger charge is 2.19. The van der Waals surface area contributed by atoms with Gasteiger partial charge in [-0.3, -0.25) is 0 Å². The Morgan fingerprint density at radius 2 is 2.00 bits per heavy atom. The van der Waals surface area contributed by atoms with E-state index in [2.05, 4.69) is 74.6 Å². The molecule has 0 saturated heterocycles. The SMILES string of the molecule is CCc1ccsc1C(NC)c1cc(Br)c(C)cc1Br. The highest BCUT2D eigenvalue weighted by molar-refractivity contribution is 9.11. The molecule has 0 radical (unpaired) electrons. The molecule has 1 nitrogen and oxygen atoms in total. The van der Waals surface area contributed by atoms with Crippen LogP contribution >= 0.6 is 43.2 Å². The monoisotopic (exact) mass is 401 g/mol. The van der Waals surface area contributed by atoms with Crippen molar-refractivity contribution >= 4 is 43.2 Å². The molecule has 2 rings (SSSR count). The molecule has 1 aromatic carbocycles. The van der Waals surface area contributed by atoms with Gasteiger partial charge in [-0.05, 0) is 60.7 Å². The summed E-state index contributed by atoms with van der Waals surface area (Å²) in [5, 5.41) is 5.62. The van der Waals surface area contributed by atoms with Gasteiger partial charge in [-0.25, -0.2) is 0 Å². The molecule has 1 aromatic heterocycles. The van der Waals surface area contributed by atoms with Gasteiger partial charge in [0.05, 0.1) is 6.04 Å². The number of nitrogens with one attached hydrogen (secondary N) is 1. The fourth-order valence-electron chi connectivity index (χ4n) is 2.20. The molecule has 1 heterocycles. The first kappa shape index (κ1) is 15.2. The van der Waals surface area contributed by atoms with Gasteiger partial charge in [0, 0.05) is 13.8 Å². The molecule has 0 aliphatic carbocycles. The maximum Gasteiger partial charge on any atom is 0.0682 e. The second-order valence-corrected chi connectivity index (χ2v) is 7.16. The topological polar surface area (TPSA) is 12.0 Å². The second-order valence-electron chi connectivity index (χ2n) is 4.51. The van der Waals surface area contributed by atoms with Gasteiger partial charge in [-0.15, -0.1) is 11.3 Å². The fraction of sp³-hybridized carbons (Fsp3) is 0.333. The fourth-order valence-corrected chi connectivity index (χ4v) is 4.37. The van der Waals surface area contributed by atoms with Gasteiger partial charge in [0.25, 0.3) is 0 Å². The van der Waals surface area contributed by atoms with E-state index >= 15 is 0 Å². The summed E-state index contributed by atoms with van der Waals surface area (Å²) >= 11 is 9.15. The molecule has 1 N–H and O–H groups in total. The molecule has 0 aliphatic rings. The molecule has 0 amide bonds. The Morgan fingerprint density at radius 3 is 2.63 bits per heavy atom. The number of rotatable bonds is 4. The summed E-state index contributed by atoms with van der Waals surface area (Å²) in [6.07, 6.45) is 1.07. The van der Waals surface area contributed by atoms with Crippen LogP contribution in [0.4, 0.5) is 0 Å². The Kier molecular flexibility index (Phi) is 5.23. The third kappa shape index (κ3) is 3.13. The molecule has 19 heavy (non-hydrogen) atoms. The van der Waals surface area contributed by atoms with E-state index in [4.69, 9.17) is 0 Å². The van der Waals surface area contributed by atoms with Crippen molar-refractivity contribution in [1.29, 1.82) is 0 Å². The summed E-state index contributed by atoms with van der Waals surface area (Å²) in [7, 11) is 2.02. The molecule has 0 aliphatic heterocycles. The lowest BCUT2D eigenvalue weighted by Crippen LogP contribution is -2.18. The summed E-state index contributed by atoms with van der Waals surface area (Å²) in [6, 6.07) is 6.84. The van der Waals surface area contributed by atoms with Crippen LogP contribution in [0.15, 0.2) is 32.5 Å². The van der Waals surface area contributed by atoms with Crippen LogP contribution in [0.3, 0.4) is 0 Å². The Bertz CT molecular complexity index is 578. The van der Waals surface area contributed by atoms with E-state index in [1.807, 2.05) is 18.4 Å². The number of hydrogen-bond acceptors (Lipinski definition) is 2. The van der Waals surface area contributed by atoms with Crippen molar-refractivity contribution in [2.45, 2.75) is 26.3 Å². The van der Waals surface area contributed by atoms with Crippen molar-refractivity contribution in [2.24, 2.45) is 0 Å². The largest absolute Gasteiger partial charge is 0.309 e.